The number of aryl methyl sites for hydroxylation is 1. The Hall–Kier alpha value is -2.26. The van der Waals surface area contributed by atoms with Crippen LogP contribution in [0.15, 0.2) is 57.9 Å². The Morgan fingerprint density at radius 1 is 1.14 bits per heavy atom. The maximum Gasteiger partial charge on any atom is 0.191 e. The third kappa shape index (κ3) is 5.86. The number of para-hydroxylation sites is 1. The highest BCUT2D eigenvalue weighted by atomic mass is 127. The molecule has 0 saturated carbocycles. The van der Waals surface area contributed by atoms with Crippen LogP contribution in [0.5, 0.6) is 5.75 Å². The molecule has 0 saturated heterocycles. The lowest BCUT2D eigenvalue weighted by Crippen LogP contribution is -2.39. The second-order valence-corrected chi connectivity index (χ2v) is 6.51. The number of furan rings is 1. The first kappa shape index (κ1) is 23.0. The van der Waals surface area contributed by atoms with Crippen molar-refractivity contribution in [3.05, 3.63) is 65.4 Å². The van der Waals surface area contributed by atoms with Gasteiger partial charge in [-0.15, -0.1) is 24.0 Å². The maximum absolute atomic E-state index is 10.4. The average Bonchev–Trinajstić information content (AvgIpc) is 3.06. The minimum atomic E-state index is -0.650. The van der Waals surface area contributed by atoms with Crippen LogP contribution in [0.2, 0.25) is 0 Å². The number of guanidine groups is 1. The topological polar surface area (TPSA) is 79.0 Å². The van der Waals surface area contributed by atoms with E-state index in [-0.39, 0.29) is 24.0 Å². The molecule has 29 heavy (non-hydrogen) atoms. The largest absolute Gasteiger partial charge is 0.497 e. The van der Waals surface area contributed by atoms with Crippen LogP contribution in [0, 0.1) is 6.92 Å². The fourth-order valence-corrected chi connectivity index (χ4v) is 3.01. The van der Waals surface area contributed by atoms with Crippen LogP contribution in [-0.4, -0.2) is 31.3 Å². The van der Waals surface area contributed by atoms with E-state index in [1.54, 1.807) is 7.11 Å². The first-order valence-electron chi connectivity index (χ1n) is 9.43. The highest BCUT2D eigenvalue weighted by Gasteiger charge is 2.11. The number of methoxy groups -OCH3 is 1. The Balaban J connectivity index is 0.00000300. The third-order valence-electron chi connectivity index (χ3n) is 4.63. The van der Waals surface area contributed by atoms with Crippen molar-refractivity contribution in [3.63, 3.8) is 0 Å². The number of benzene rings is 2. The van der Waals surface area contributed by atoms with Crippen LogP contribution >= 0.6 is 24.0 Å². The van der Waals surface area contributed by atoms with Gasteiger partial charge in [-0.05, 0) is 37.6 Å². The van der Waals surface area contributed by atoms with Crippen LogP contribution in [-0.2, 0) is 6.54 Å². The van der Waals surface area contributed by atoms with Crippen molar-refractivity contribution in [1.82, 2.24) is 10.6 Å². The van der Waals surface area contributed by atoms with Crippen LogP contribution in [0.4, 0.5) is 0 Å². The molecular formula is C22H28IN3O3. The quantitative estimate of drug-likeness (QED) is 0.253. The lowest BCUT2D eigenvalue weighted by atomic mass is 10.1. The van der Waals surface area contributed by atoms with E-state index in [1.165, 1.54) is 0 Å². The Labute approximate surface area is 188 Å². The number of hydrogen-bond acceptors (Lipinski definition) is 4. The summed E-state index contributed by atoms with van der Waals surface area (Å²) in [5.41, 5.74) is 2.80. The van der Waals surface area contributed by atoms with Gasteiger partial charge in [0, 0.05) is 24.0 Å². The number of rotatable bonds is 7. The summed E-state index contributed by atoms with van der Waals surface area (Å²) in [7, 11) is 1.62. The van der Waals surface area contributed by atoms with Crippen molar-refractivity contribution in [3.8, 4) is 5.75 Å². The standard InChI is InChI=1S/C22H27N3O3.HI/c1-4-23-22(24-13-19(26)16-9-11-17(27-3)12-10-16)25-14-21-15(2)18-7-5-6-8-20(18)28-21;/h5-12,19,26H,4,13-14H2,1-3H3,(H2,23,24,25);1H. The SMILES string of the molecule is CCNC(=NCc1oc2ccccc2c1C)NCC(O)c1ccc(OC)cc1.I. The molecule has 0 aliphatic carbocycles. The zero-order valence-electron chi connectivity index (χ0n) is 16.9. The molecule has 1 aromatic heterocycles. The summed E-state index contributed by atoms with van der Waals surface area (Å²) < 4.78 is 11.1. The van der Waals surface area contributed by atoms with Crippen molar-refractivity contribution in [2.24, 2.45) is 4.99 Å². The van der Waals surface area contributed by atoms with Crippen molar-refractivity contribution >= 4 is 40.9 Å². The van der Waals surface area contributed by atoms with Gasteiger partial charge in [-0.2, -0.15) is 0 Å². The molecule has 0 spiro atoms. The van der Waals surface area contributed by atoms with E-state index in [9.17, 15) is 5.11 Å². The van der Waals surface area contributed by atoms with Gasteiger partial charge in [-0.25, -0.2) is 4.99 Å². The van der Waals surface area contributed by atoms with Gasteiger partial charge in [0.1, 0.15) is 23.6 Å². The van der Waals surface area contributed by atoms with Crippen molar-refractivity contribution in [2.75, 3.05) is 20.2 Å². The second kappa shape index (κ2) is 11.1. The van der Waals surface area contributed by atoms with Crippen molar-refractivity contribution < 1.29 is 14.3 Å². The van der Waals surface area contributed by atoms with Gasteiger partial charge < -0.3 is 24.9 Å². The van der Waals surface area contributed by atoms with Crippen LogP contribution < -0.4 is 15.4 Å². The molecule has 0 aliphatic rings. The van der Waals surface area contributed by atoms with Crippen LogP contribution in [0.3, 0.4) is 0 Å². The molecule has 0 bridgehead atoms. The molecule has 1 unspecified atom stereocenters. The number of nitrogens with one attached hydrogen (secondary N) is 2. The summed E-state index contributed by atoms with van der Waals surface area (Å²) in [6.07, 6.45) is -0.650. The Morgan fingerprint density at radius 2 is 1.86 bits per heavy atom. The molecule has 3 rings (SSSR count). The van der Waals surface area contributed by atoms with Crippen molar-refractivity contribution in [2.45, 2.75) is 26.5 Å². The molecular weight excluding hydrogens is 481 g/mol. The molecule has 0 amide bonds. The summed E-state index contributed by atoms with van der Waals surface area (Å²) in [5.74, 6) is 2.24. The van der Waals surface area contributed by atoms with Crippen LogP contribution in [0.25, 0.3) is 11.0 Å². The van der Waals surface area contributed by atoms with Gasteiger partial charge in [-0.1, -0.05) is 30.3 Å². The van der Waals surface area contributed by atoms with E-state index in [4.69, 9.17) is 9.15 Å². The van der Waals surface area contributed by atoms with Gasteiger partial charge in [0.25, 0.3) is 0 Å². The van der Waals surface area contributed by atoms with Crippen LogP contribution in [0.1, 0.15) is 29.9 Å². The highest BCUT2D eigenvalue weighted by Crippen LogP contribution is 2.25. The van der Waals surface area contributed by atoms with E-state index >= 15 is 0 Å². The number of aliphatic hydroxyl groups excluding tert-OH is 1. The van der Waals surface area contributed by atoms with Gasteiger partial charge in [0.15, 0.2) is 5.96 Å². The van der Waals surface area contributed by atoms with Gasteiger partial charge in [0.2, 0.25) is 0 Å². The minimum absolute atomic E-state index is 0. The van der Waals surface area contributed by atoms with Gasteiger partial charge in [0.05, 0.1) is 13.2 Å². The summed E-state index contributed by atoms with van der Waals surface area (Å²) >= 11 is 0. The number of aliphatic hydroxyl groups is 1. The molecule has 3 N–H and O–H groups in total. The molecule has 1 atom stereocenters. The fraction of sp³-hybridized carbons (Fsp3) is 0.318. The minimum Gasteiger partial charge on any atom is -0.497 e. The summed E-state index contributed by atoms with van der Waals surface area (Å²) in [5, 5.41) is 17.9. The van der Waals surface area contributed by atoms with E-state index in [2.05, 4.69) is 21.7 Å². The smallest absolute Gasteiger partial charge is 0.191 e. The molecule has 0 fully saturated rings. The Bertz CT molecular complexity index is 938. The van der Waals surface area contributed by atoms with Gasteiger partial charge in [-0.3, -0.25) is 0 Å². The number of nitrogens with zero attached hydrogens (tertiary/aromatic N) is 1. The molecule has 0 aliphatic heterocycles. The predicted octanol–water partition coefficient (Wildman–Crippen LogP) is 4.16. The zero-order chi connectivity index (χ0) is 19.9. The second-order valence-electron chi connectivity index (χ2n) is 6.51. The highest BCUT2D eigenvalue weighted by molar-refractivity contribution is 14.0. The first-order chi connectivity index (χ1) is 13.6. The summed E-state index contributed by atoms with van der Waals surface area (Å²) in [6, 6.07) is 15.4. The first-order valence-corrected chi connectivity index (χ1v) is 9.43. The molecule has 6 nitrogen and oxygen atoms in total. The van der Waals surface area contributed by atoms with E-state index < -0.39 is 6.10 Å². The number of fused-ring (bicyclic) bond motifs is 1. The molecule has 156 valence electrons. The molecule has 7 heteroatoms. The number of aliphatic imine (C=N–C) groups is 1. The predicted molar refractivity (Wildman–Crippen MR) is 127 cm³/mol. The lowest BCUT2D eigenvalue weighted by molar-refractivity contribution is 0.180. The fourth-order valence-electron chi connectivity index (χ4n) is 3.01. The van der Waals surface area contributed by atoms with E-state index in [0.29, 0.717) is 19.0 Å². The number of ether oxygens (including phenoxy) is 1. The monoisotopic (exact) mass is 509 g/mol. The van der Waals surface area contributed by atoms with E-state index in [1.807, 2.05) is 56.3 Å². The third-order valence-corrected chi connectivity index (χ3v) is 4.63. The zero-order valence-corrected chi connectivity index (χ0v) is 19.3. The van der Waals surface area contributed by atoms with Gasteiger partial charge >= 0.3 is 0 Å². The molecule has 1 heterocycles. The number of hydrogen-bond donors (Lipinski definition) is 3. The van der Waals surface area contributed by atoms with Crippen molar-refractivity contribution in [1.29, 1.82) is 0 Å². The summed E-state index contributed by atoms with van der Waals surface area (Å²) in [6.45, 7) is 5.54. The average molecular weight is 509 g/mol. The molecule has 0 radical (unpaired) electrons. The lowest BCUT2D eigenvalue weighted by Gasteiger charge is -2.15. The normalized spacial score (nSPS) is 12.3. The maximum atomic E-state index is 10.4. The van der Waals surface area contributed by atoms with E-state index in [0.717, 1.165) is 40.2 Å². The molecule has 3 aromatic rings. The number of halogens is 1. The Morgan fingerprint density at radius 3 is 2.52 bits per heavy atom. The molecule has 2 aromatic carbocycles. The Kier molecular flexibility index (Phi) is 8.78. The summed E-state index contributed by atoms with van der Waals surface area (Å²) in [4.78, 5) is 4.60.